The molecule has 3 aromatic rings. The maximum Gasteiger partial charge on any atom is 0.255 e. The first-order valence-electron chi connectivity index (χ1n) is 10.9. The number of aromatic nitrogens is 2. The number of benzene rings is 2. The fourth-order valence-corrected chi connectivity index (χ4v) is 3.83. The predicted molar refractivity (Wildman–Crippen MR) is 123 cm³/mol. The summed E-state index contributed by atoms with van der Waals surface area (Å²) < 4.78 is 7.08. The number of hydrogen-bond donors (Lipinski definition) is 1. The van der Waals surface area contributed by atoms with Crippen LogP contribution in [0, 0.1) is 0 Å². The number of rotatable bonds is 9. The molecule has 0 spiro atoms. The molecule has 1 aliphatic heterocycles. The van der Waals surface area contributed by atoms with Crippen molar-refractivity contribution in [3.8, 4) is 17.0 Å². The summed E-state index contributed by atoms with van der Waals surface area (Å²) in [5.41, 5.74) is 2.86. The minimum Gasteiger partial charge on any atom is -0.497 e. The lowest BCUT2D eigenvalue weighted by Gasteiger charge is -2.13. The fourth-order valence-electron chi connectivity index (χ4n) is 3.83. The topological polar surface area (TPSA) is 93.5 Å². The van der Waals surface area contributed by atoms with Gasteiger partial charge in [-0.15, -0.1) is 0 Å². The number of nitrogens with one attached hydrogen (secondary N) is 1. The Labute approximate surface area is 192 Å². The van der Waals surface area contributed by atoms with E-state index in [-0.39, 0.29) is 30.6 Å². The molecule has 1 fully saturated rings. The molecule has 170 valence electrons. The van der Waals surface area contributed by atoms with E-state index in [4.69, 9.17) is 4.74 Å². The highest BCUT2D eigenvalue weighted by Gasteiger charge is 2.28. The Morgan fingerprint density at radius 2 is 1.82 bits per heavy atom. The van der Waals surface area contributed by atoms with E-state index >= 15 is 0 Å². The van der Waals surface area contributed by atoms with Crippen LogP contribution in [0.3, 0.4) is 0 Å². The lowest BCUT2D eigenvalue weighted by atomic mass is 10.1. The molecule has 1 aliphatic rings. The van der Waals surface area contributed by atoms with Crippen molar-refractivity contribution in [2.75, 3.05) is 20.2 Å². The molecule has 0 unspecified atom stereocenters. The van der Waals surface area contributed by atoms with Gasteiger partial charge in [0.05, 0.1) is 19.2 Å². The maximum atomic E-state index is 13.0. The van der Waals surface area contributed by atoms with Gasteiger partial charge in [0.15, 0.2) is 0 Å². The number of carbonyl (C=O) groups excluding carboxylic acids is 3. The lowest BCUT2D eigenvalue weighted by Crippen LogP contribution is -2.33. The van der Waals surface area contributed by atoms with Gasteiger partial charge in [0, 0.05) is 37.7 Å². The zero-order valence-corrected chi connectivity index (χ0v) is 18.5. The summed E-state index contributed by atoms with van der Waals surface area (Å²) in [6, 6.07) is 17.3. The Kier molecular flexibility index (Phi) is 6.83. The van der Waals surface area contributed by atoms with Crippen LogP contribution in [0.1, 0.15) is 35.2 Å². The maximum absolute atomic E-state index is 13.0. The third kappa shape index (κ3) is 5.28. The molecule has 0 saturated carbocycles. The van der Waals surface area contributed by atoms with E-state index in [0.717, 1.165) is 11.1 Å². The Hall–Kier alpha value is -3.94. The fraction of sp³-hybridized carbons (Fsp3) is 0.280. The molecule has 0 radical (unpaired) electrons. The minimum atomic E-state index is -0.258. The number of methoxy groups -OCH3 is 1. The predicted octanol–water partition coefficient (Wildman–Crippen LogP) is 2.88. The zero-order chi connectivity index (χ0) is 23.2. The number of likely N-dealkylation sites (tertiary alicyclic amines) is 1. The monoisotopic (exact) mass is 446 g/mol. The number of amides is 3. The molecule has 2 aromatic carbocycles. The minimum absolute atomic E-state index is 0.145. The second-order valence-corrected chi connectivity index (χ2v) is 7.86. The summed E-state index contributed by atoms with van der Waals surface area (Å²) in [4.78, 5) is 37.8. The van der Waals surface area contributed by atoms with Crippen molar-refractivity contribution < 1.29 is 19.1 Å². The van der Waals surface area contributed by atoms with Crippen molar-refractivity contribution in [3.05, 3.63) is 71.9 Å². The van der Waals surface area contributed by atoms with E-state index in [2.05, 4.69) is 10.4 Å². The molecule has 0 bridgehead atoms. The Balaban J connectivity index is 1.50. The average Bonchev–Trinajstić information content (AvgIpc) is 3.40. The highest BCUT2D eigenvalue weighted by molar-refractivity contribution is 6.02. The van der Waals surface area contributed by atoms with Crippen LogP contribution in [-0.4, -0.2) is 52.6 Å². The third-order valence-corrected chi connectivity index (χ3v) is 5.54. The molecule has 1 saturated heterocycles. The molecule has 0 aliphatic carbocycles. The Morgan fingerprint density at radius 1 is 1.06 bits per heavy atom. The lowest BCUT2D eigenvalue weighted by molar-refractivity contribution is -0.138. The SMILES string of the molecule is COc1cccc(-c2nn(Cc3ccccc3)cc2C(=O)NCCCN2C(=O)CCC2=O)c1. The van der Waals surface area contributed by atoms with E-state index in [1.165, 1.54) is 4.90 Å². The molecule has 8 heteroatoms. The number of imide groups is 1. The van der Waals surface area contributed by atoms with Gasteiger partial charge in [-0.1, -0.05) is 42.5 Å². The van der Waals surface area contributed by atoms with Crippen LogP contribution in [0.15, 0.2) is 60.8 Å². The number of ether oxygens (including phenoxy) is 1. The van der Waals surface area contributed by atoms with Crippen LogP contribution in [0.25, 0.3) is 11.3 Å². The van der Waals surface area contributed by atoms with Crippen LogP contribution >= 0.6 is 0 Å². The van der Waals surface area contributed by atoms with Gasteiger partial charge in [0.2, 0.25) is 11.8 Å². The van der Waals surface area contributed by atoms with E-state index in [0.29, 0.717) is 43.1 Å². The second kappa shape index (κ2) is 10.1. The third-order valence-electron chi connectivity index (χ3n) is 5.54. The first-order valence-corrected chi connectivity index (χ1v) is 10.9. The highest BCUT2D eigenvalue weighted by Crippen LogP contribution is 2.26. The summed E-state index contributed by atoms with van der Waals surface area (Å²) in [5.74, 6) is 0.130. The van der Waals surface area contributed by atoms with Gasteiger partial charge >= 0.3 is 0 Å². The molecule has 0 atom stereocenters. The van der Waals surface area contributed by atoms with E-state index in [1.807, 2.05) is 54.6 Å². The van der Waals surface area contributed by atoms with Gasteiger partial charge in [-0.3, -0.25) is 24.0 Å². The summed E-state index contributed by atoms with van der Waals surface area (Å²) in [6.45, 7) is 1.19. The van der Waals surface area contributed by atoms with Gasteiger partial charge in [0.25, 0.3) is 5.91 Å². The molecular weight excluding hydrogens is 420 g/mol. The zero-order valence-electron chi connectivity index (χ0n) is 18.5. The number of carbonyl (C=O) groups is 3. The standard InChI is InChI=1S/C25H26N4O4/c1-33-20-10-5-9-19(15-20)24-21(17-28(27-24)16-18-7-3-2-4-8-18)25(32)26-13-6-14-29-22(30)11-12-23(29)31/h2-5,7-10,15,17H,6,11-14,16H2,1H3,(H,26,32). The van der Waals surface area contributed by atoms with Crippen molar-refractivity contribution >= 4 is 17.7 Å². The average molecular weight is 447 g/mol. The largest absolute Gasteiger partial charge is 0.497 e. The first-order chi connectivity index (χ1) is 16.0. The molecule has 8 nitrogen and oxygen atoms in total. The van der Waals surface area contributed by atoms with Gasteiger partial charge in [-0.05, 0) is 24.1 Å². The number of hydrogen-bond acceptors (Lipinski definition) is 5. The molecule has 1 aromatic heterocycles. The van der Waals surface area contributed by atoms with Crippen molar-refractivity contribution in [1.82, 2.24) is 20.0 Å². The Bertz CT molecular complexity index is 1140. The smallest absolute Gasteiger partial charge is 0.255 e. The molecule has 1 N–H and O–H groups in total. The van der Waals surface area contributed by atoms with Crippen LogP contribution in [0.4, 0.5) is 0 Å². The highest BCUT2D eigenvalue weighted by atomic mass is 16.5. The van der Waals surface area contributed by atoms with E-state index in [1.54, 1.807) is 18.0 Å². The van der Waals surface area contributed by atoms with Crippen LogP contribution in [0.2, 0.25) is 0 Å². The quantitative estimate of drug-likeness (QED) is 0.403. The summed E-state index contributed by atoms with van der Waals surface area (Å²) >= 11 is 0. The molecule has 2 heterocycles. The van der Waals surface area contributed by atoms with Crippen LogP contribution < -0.4 is 10.1 Å². The van der Waals surface area contributed by atoms with E-state index in [9.17, 15) is 14.4 Å². The van der Waals surface area contributed by atoms with Gasteiger partial charge in [0.1, 0.15) is 11.4 Å². The summed E-state index contributed by atoms with van der Waals surface area (Å²) in [6.07, 6.45) is 2.78. The van der Waals surface area contributed by atoms with Crippen molar-refractivity contribution in [2.24, 2.45) is 0 Å². The van der Waals surface area contributed by atoms with Crippen molar-refractivity contribution in [1.29, 1.82) is 0 Å². The van der Waals surface area contributed by atoms with Gasteiger partial charge in [-0.2, -0.15) is 5.10 Å². The van der Waals surface area contributed by atoms with Crippen molar-refractivity contribution in [2.45, 2.75) is 25.8 Å². The van der Waals surface area contributed by atoms with Gasteiger partial charge < -0.3 is 10.1 Å². The molecule has 33 heavy (non-hydrogen) atoms. The normalized spacial score (nSPS) is 13.4. The van der Waals surface area contributed by atoms with Gasteiger partial charge in [-0.25, -0.2) is 0 Å². The summed E-state index contributed by atoms with van der Waals surface area (Å²) in [7, 11) is 1.59. The molecule has 3 amide bonds. The summed E-state index contributed by atoms with van der Waals surface area (Å²) in [5, 5.41) is 7.58. The van der Waals surface area contributed by atoms with Crippen LogP contribution in [0.5, 0.6) is 5.75 Å². The number of nitrogens with zero attached hydrogens (tertiary/aromatic N) is 3. The second-order valence-electron chi connectivity index (χ2n) is 7.86. The Morgan fingerprint density at radius 3 is 2.55 bits per heavy atom. The van der Waals surface area contributed by atoms with E-state index < -0.39 is 0 Å². The molecule has 4 rings (SSSR count). The van der Waals surface area contributed by atoms with Crippen LogP contribution in [-0.2, 0) is 16.1 Å². The molecular formula is C25H26N4O4. The van der Waals surface area contributed by atoms with Crippen molar-refractivity contribution in [3.63, 3.8) is 0 Å². The first kappa shape index (κ1) is 22.3.